The summed E-state index contributed by atoms with van der Waals surface area (Å²) in [6.07, 6.45) is 1.03. The van der Waals surface area contributed by atoms with Gasteiger partial charge in [0.1, 0.15) is 0 Å². The van der Waals surface area contributed by atoms with Gasteiger partial charge in [0.25, 0.3) is 0 Å². The average molecular weight is 323 g/mol. The standard InChI is InChI=1S/C16H23BrN2/c1-12(2)10-16(19-8-6-18-7-9-19)14-5-4-13(3)11-15(14)17/h4-5,11,16,18H,1,6-10H2,2-3H3/t16-/m1/s1. The van der Waals surface area contributed by atoms with Crippen molar-refractivity contribution < 1.29 is 0 Å². The van der Waals surface area contributed by atoms with Crippen molar-refractivity contribution in [1.29, 1.82) is 0 Å². The van der Waals surface area contributed by atoms with Gasteiger partial charge < -0.3 is 5.32 Å². The minimum absolute atomic E-state index is 0.439. The lowest BCUT2D eigenvalue weighted by molar-refractivity contribution is 0.172. The van der Waals surface area contributed by atoms with Gasteiger partial charge >= 0.3 is 0 Å². The summed E-state index contributed by atoms with van der Waals surface area (Å²) < 4.78 is 1.22. The Kier molecular flexibility index (Phi) is 5.20. The third-order valence-electron chi connectivity index (χ3n) is 3.65. The van der Waals surface area contributed by atoms with Crippen LogP contribution < -0.4 is 5.32 Å². The van der Waals surface area contributed by atoms with Crippen molar-refractivity contribution >= 4 is 15.9 Å². The molecular weight excluding hydrogens is 300 g/mol. The first-order valence-electron chi connectivity index (χ1n) is 6.93. The summed E-state index contributed by atoms with van der Waals surface area (Å²) in [5, 5.41) is 3.42. The quantitative estimate of drug-likeness (QED) is 0.851. The molecule has 1 aromatic carbocycles. The van der Waals surface area contributed by atoms with Crippen LogP contribution in [0.25, 0.3) is 0 Å². The van der Waals surface area contributed by atoms with Crippen LogP contribution in [0.15, 0.2) is 34.8 Å². The molecule has 0 unspecified atom stereocenters. The molecule has 2 nitrogen and oxygen atoms in total. The lowest BCUT2D eigenvalue weighted by atomic mass is 9.97. The number of nitrogens with one attached hydrogen (secondary N) is 1. The Morgan fingerprint density at radius 2 is 2.11 bits per heavy atom. The minimum Gasteiger partial charge on any atom is -0.314 e. The van der Waals surface area contributed by atoms with Crippen molar-refractivity contribution in [2.45, 2.75) is 26.3 Å². The van der Waals surface area contributed by atoms with Crippen LogP contribution in [0.5, 0.6) is 0 Å². The number of nitrogens with zero attached hydrogens (tertiary/aromatic N) is 1. The zero-order valence-electron chi connectivity index (χ0n) is 11.9. The van der Waals surface area contributed by atoms with E-state index in [1.54, 1.807) is 0 Å². The fraction of sp³-hybridized carbons (Fsp3) is 0.500. The van der Waals surface area contributed by atoms with E-state index >= 15 is 0 Å². The molecule has 3 heteroatoms. The molecule has 0 aromatic heterocycles. The summed E-state index contributed by atoms with van der Waals surface area (Å²) in [5.41, 5.74) is 3.93. The number of hydrogen-bond donors (Lipinski definition) is 1. The summed E-state index contributed by atoms with van der Waals surface area (Å²) in [6.45, 7) is 12.7. The molecule has 0 saturated carbocycles. The van der Waals surface area contributed by atoms with Crippen LogP contribution >= 0.6 is 15.9 Å². The molecule has 1 atom stereocenters. The minimum atomic E-state index is 0.439. The van der Waals surface area contributed by atoms with Crippen LogP contribution in [-0.2, 0) is 0 Å². The van der Waals surface area contributed by atoms with Gasteiger partial charge in [-0.3, -0.25) is 4.90 Å². The molecule has 2 rings (SSSR count). The van der Waals surface area contributed by atoms with Crippen molar-refractivity contribution in [3.05, 3.63) is 46.0 Å². The summed E-state index contributed by atoms with van der Waals surface area (Å²) in [6, 6.07) is 7.11. The normalized spacial score (nSPS) is 18.3. The Hall–Kier alpha value is -0.640. The second-order valence-corrected chi connectivity index (χ2v) is 6.34. The topological polar surface area (TPSA) is 15.3 Å². The molecule has 104 valence electrons. The van der Waals surface area contributed by atoms with E-state index in [1.165, 1.54) is 21.2 Å². The zero-order chi connectivity index (χ0) is 13.8. The summed E-state index contributed by atoms with van der Waals surface area (Å²) >= 11 is 3.73. The van der Waals surface area contributed by atoms with Crippen LogP contribution in [0, 0.1) is 6.92 Å². The van der Waals surface area contributed by atoms with Gasteiger partial charge in [-0.05, 0) is 37.5 Å². The molecule has 1 aliphatic rings. The predicted octanol–water partition coefficient (Wildman–Crippen LogP) is 3.67. The molecule has 1 N–H and O–H groups in total. The Balaban J connectivity index is 2.27. The highest BCUT2D eigenvalue weighted by atomic mass is 79.9. The van der Waals surface area contributed by atoms with E-state index in [-0.39, 0.29) is 0 Å². The van der Waals surface area contributed by atoms with Crippen molar-refractivity contribution in [3.8, 4) is 0 Å². The maximum absolute atomic E-state index is 4.10. The molecule has 1 aromatic rings. The number of piperazine rings is 1. The van der Waals surface area contributed by atoms with Gasteiger partial charge in [0.05, 0.1) is 0 Å². The van der Waals surface area contributed by atoms with Gasteiger partial charge in [-0.15, -0.1) is 6.58 Å². The zero-order valence-corrected chi connectivity index (χ0v) is 13.5. The molecule has 0 bridgehead atoms. The van der Waals surface area contributed by atoms with Gasteiger partial charge in [-0.1, -0.05) is 33.6 Å². The largest absolute Gasteiger partial charge is 0.314 e. The van der Waals surface area contributed by atoms with Crippen LogP contribution in [0.2, 0.25) is 0 Å². The van der Waals surface area contributed by atoms with Gasteiger partial charge in [-0.2, -0.15) is 0 Å². The monoisotopic (exact) mass is 322 g/mol. The molecule has 0 amide bonds. The number of halogens is 1. The van der Waals surface area contributed by atoms with Crippen LogP contribution in [-0.4, -0.2) is 31.1 Å². The smallest absolute Gasteiger partial charge is 0.0397 e. The maximum Gasteiger partial charge on any atom is 0.0397 e. The molecular formula is C16H23BrN2. The van der Waals surface area contributed by atoms with E-state index in [0.29, 0.717) is 6.04 Å². The first-order valence-corrected chi connectivity index (χ1v) is 7.72. The molecule has 1 saturated heterocycles. The highest BCUT2D eigenvalue weighted by Crippen LogP contribution is 2.33. The van der Waals surface area contributed by atoms with Crippen molar-refractivity contribution in [3.63, 3.8) is 0 Å². The number of aryl methyl sites for hydroxylation is 1. The van der Waals surface area contributed by atoms with E-state index in [9.17, 15) is 0 Å². The Morgan fingerprint density at radius 3 is 2.68 bits per heavy atom. The summed E-state index contributed by atoms with van der Waals surface area (Å²) in [7, 11) is 0. The lowest BCUT2D eigenvalue weighted by Crippen LogP contribution is -2.45. The maximum atomic E-state index is 4.10. The Labute approximate surface area is 125 Å². The molecule has 0 radical (unpaired) electrons. The van der Waals surface area contributed by atoms with Crippen molar-refractivity contribution in [2.24, 2.45) is 0 Å². The first-order chi connectivity index (χ1) is 9.08. The molecule has 1 heterocycles. The molecule has 0 aliphatic carbocycles. The second kappa shape index (κ2) is 6.69. The van der Waals surface area contributed by atoms with Gasteiger partial charge in [0.15, 0.2) is 0 Å². The number of benzene rings is 1. The molecule has 19 heavy (non-hydrogen) atoms. The van der Waals surface area contributed by atoms with Crippen LogP contribution in [0.4, 0.5) is 0 Å². The van der Waals surface area contributed by atoms with E-state index in [2.05, 4.69) is 64.8 Å². The van der Waals surface area contributed by atoms with Gasteiger partial charge in [0, 0.05) is 36.7 Å². The van der Waals surface area contributed by atoms with Crippen molar-refractivity contribution in [1.82, 2.24) is 10.2 Å². The van der Waals surface area contributed by atoms with E-state index in [1.807, 2.05) is 0 Å². The van der Waals surface area contributed by atoms with E-state index in [4.69, 9.17) is 0 Å². The highest BCUT2D eigenvalue weighted by Gasteiger charge is 2.23. The van der Waals surface area contributed by atoms with Crippen molar-refractivity contribution in [2.75, 3.05) is 26.2 Å². The van der Waals surface area contributed by atoms with Gasteiger partial charge in [0.2, 0.25) is 0 Å². The fourth-order valence-electron chi connectivity index (χ4n) is 2.66. The highest BCUT2D eigenvalue weighted by molar-refractivity contribution is 9.10. The third-order valence-corrected chi connectivity index (χ3v) is 4.34. The molecule has 0 spiro atoms. The fourth-order valence-corrected chi connectivity index (χ4v) is 3.42. The molecule has 1 fully saturated rings. The second-order valence-electron chi connectivity index (χ2n) is 5.49. The van der Waals surface area contributed by atoms with E-state index < -0.39 is 0 Å². The summed E-state index contributed by atoms with van der Waals surface area (Å²) in [4.78, 5) is 2.57. The van der Waals surface area contributed by atoms with E-state index in [0.717, 1.165) is 32.6 Å². The first kappa shape index (κ1) is 14.8. The average Bonchev–Trinajstić information content (AvgIpc) is 2.37. The van der Waals surface area contributed by atoms with Crippen LogP contribution in [0.1, 0.15) is 30.5 Å². The SMILES string of the molecule is C=C(C)C[C@H](c1ccc(C)cc1Br)N1CCNCC1. The number of hydrogen-bond acceptors (Lipinski definition) is 2. The summed E-state index contributed by atoms with van der Waals surface area (Å²) in [5.74, 6) is 0. The van der Waals surface area contributed by atoms with Crippen LogP contribution in [0.3, 0.4) is 0 Å². The third kappa shape index (κ3) is 3.91. The number of rotatable bonds is 4. The Bertz CT molecular complexity index is 450. The Morgan fingerprint density at radius 1 is 1.42 bits per heavy atom. The van der Waals surface area contributed by atoms with Gasteiger partial charge in [-0.25, -0.2) is 0 Å². The lowest BCUT2D eigenvalue weighted by Gasteiger charge is -2.36. The molecule has 1 aliphatic heterocycles. The predicted molar refractivity (Wildman–Crippen MR) is 85.5 cm³/mol.